The van der Waals surface area contributed by atoms with Crippen molar-refractivity contribution in [2.24, 2.45) is 0 Å². The number of aromatic hydroxyl groups is 1. The molecule has 0 heterocycles. The minimum absolute atomic E-state index is 0.0902. The first-order chi connectivity index (χ1) is 7.73. The molecule has 0 aliphatic heterocycles. The van der Waals surface area contributed by atoms with Crippen molar-refractivity contribution in [2.45, 2.75) is 49.2 Å². The van der Waals surface area contributed by atoms with Gasteiger partial charge in [-0.2, -0.15) is 0 Å². The first-order valence-corrected chi connectivity index (χ1v) is 7.35. The Bertz CT molecular complexity index is 534. The van der Waals surface area contributed by atoms with Crippen LogP contribution in [0.1, 0.15) is 39.2 Å². The van der Waals surface area contributed by atoms with E-state index in [0.717, 1.165) is 5.56 Å². The predicted molar refractivity (Wildman–Crippen MR) is 67.0 cm³/mol. The summed E-state index contributed by atoms with van der Waals surface area (Å²) in [6.07, 6.45) is 1.42. The van der Waals surface area contributed by atoms with Gasteiger partial charge < -0.3 is 5.11 Å². The molecule has 3 nitrogen and oxygen atoms in total. The molecule has 0 spiro atoms. The molecule has 1 aromatic carbocycles. The lowest BCUT2D eigenvalue weighted by atomic mass is 9.87. The van der Waals surface area contributed by atoms with Crippen LogP contribution in [0, 0.1) is 0 Å². The number of hydrogen-bond acceptors (Lipinski definition) is 3. The fraction of sp³-hybridized carbons (Fsp3) is 0.538. The van der Waals surface area contributed by atoms with Crippen molar-refractivity contribution >= 4 is 9.84 Å². The Morgan fingerprint density at radius 2 is 1.82 bits per heavy atom. The third kappa shape index (κ3) is 2.32. The molecule has 1 aliphatic rings. The van der Waals surface area contributed by atoms with Crippen LogP contribution < -0.4 is 0 Å². The Labute approximate surface area is 102 Å². The molecule has 0 atom stereocenters. The van der Waals surface area contributed by atoms with E-state index in [-0.39, 0.29) is 21.3 Å². The van der Waals surface area contributed by atoms with Gasteiger partial charge in [0.05, 0.1) is 5.25 Å². The number of benzene rings is 1. The van der Waals surface area contributed by atoms with Gasteiger partial charge in [-0.1, -0.05) is 26.8 Å². The average Bonchev–Trinajstić information content (AvgIpc) is 2.99. The van der Waals surface area contributed by atoms with E-state index in [1.807, 2.05) is 20.8 Å². The number of sulfone groups is 1. The Kier molecular flexibility index (Phi) is 2.73. The maximum absolute atomic E-state index is 12.1. The standard InChI is InChI=1S/C13H18O3S/c1-13(2,3)9-4-7-11(14)12(8-9)17(15,16)10-5-6-10/h4,7-8,10,14H,5-6H2,1-3H3. The fourth-order valence-electron chi connectivity index (χ4n) is 1.77. The molecule has 1 saturated carbocycles. The molecule has 0 radical (unpaired) electrons. The zero-order chi connectivity index (χ0) is 12.8. The molecule has 1 aliphatic carbocycles. The van der Waals surface area contributed by atoms with E-state index >= 15 is 0 Å². The molecule has 1 fully saturated rings. The fourth-order valence-corrected chi connectivity index (χ4v) is 3.53. The summed E-state index contributed by atoms with van der Waals surface area (Å²) >= 11 is 0. The van der Waals surface area contributed by atoms with Gasteiger partial charge in [0.1, 0.15) is 10.6 Å². The molecule has 0 saturated heterocycles. The minimum Gasteiger partial charge on any atom is -0.507 e. The van der Waals surface area contributed by atoms with E-state index in [9.17, 15) is 13.5 Å². The quantitative estimate of drug-likeness (QED) is 0.882. The lowest BCUT2D eigenvalue weighted by Crippen LogP contribution is -2.14. The Balaban J connectivity index is 2.54. The highest BCUT2D eigenvalue weighted by Crippen LogP contribution is 2.38. The van der Waals surface area contributed by atoms with Crippen LogP contribution in [0.2, 0.25) is 0 Å². The largest absolute Gasteiger partial charge is 0.507 e. The van der Waals surface area contributed by atoms with Crippen molar-refractivity contribution in [3.63, 3.8) is 0 Å². The molecule has 0 bridgehead atoms. The van der Waals surface area contributed by atoms with E-state index in [0.29, 0.717) is 12.8 Å². The molecule has 94 valence electrons. The molecule has 0 aromatic heterocycles. The second-order valence-electron chi connectivity index (χ2n) is 5.68. The second-order valence-corrected chi connectivity index (χ2v) is 7.87. The maximum Gasteiger partial charge on any atom is 0.184 e. The molecule has 17 heavy (non-hydrogen) atoms. The van der Waals surface area contributed by atoms with Gasteiger partial charge in [-0.25, -0.2) is 8.42 Å². The normalized spacial score (nSPS) is 17.1. The summed E-state index contributed by atoms with van der Waals surface area (Å²) in [5, 5.41) is 9.45. The van der Waals surface area contributed by atoms with Gasteiger partial charge in [-0.3, -0.25) is 0 Å². The maximum atomic E-state index is 12.1. The molecule has 4 heteroatoms. The van der Waals surface area contributed by atoms with Crippen LogP contribution in [0.3, 0.4) is 0 Å². The summed E-state index contributed by atoms with van der Waals surface area (Å²) < 4.78 is 24.3. The average molecular weight is 254 g/mol. The van der Waals surface area contributed by atoms with Crippen molar-refractivity contribution in [3.8, 4) is 5.75 Å². The lowest BCUT2D eigenvalue weighted by molar-refractivity contribution is 0.456. The van der Waals surface area contributed by atoms with Gasteiger partial charge in [-0.05, 0) is 36.0 Å². The number of phenolic OH excluding ortho intramolecular Hbond substituents is 1. The SMILES string of the molecule is CC(C)(C)c1ccc(O)c(S(=O)(=O)C2CC2)c1. The summed E-state index contributed by atoms with van der Waals surface area (Å²) in [6, 6.07) is 4.88. The third-order valence-corrected chi connectivity index (χ3v) is 5.38. The van der Waals surface area contributed by atoms with Crippen molar-refractivity contribution in [1.82, 2.24) is 0 Å². The molecule has 1 N–H and O–H groups in total. The lowest BCUT2D eigenvalue weighted by Gasteiger charge is -2.20. The van der Waals surface area contributed by atoms with Crippen LogP contribution in [-0.2, 0) is 15.3 Å². The van der Waals surface area contributed by atoms with Crippen LogP contribution in [0.5, 0.6) is 5.75 Å². The van der Waals surface area contributed by atoms with E-state index in [1.54, 1.807) is 12.1 Å². The zero-order valence-corrected chi connectivity index (χ0v) is 11.2. The summed E-state index contributed by atoms with van der Waals surface area (Å²) in [5.41, 5.74) is 0.802. The predicted octanol–water partition coefficient (Wildman–Crippen LogP) is 2.63. The van der Waals surface area contributed by atoms with Crippen molar-refractivity contribution in [2.75, 3.05) is 0 Å². The zero-order valence-electron chi connectivity index (χ0n) is 10.4. The number of rotatable bonds is 2. The number of phenols is 1. The summed E-state index contributed by atoms with van der Waals surface area (Å²) in [7, 11) is -3.33. The van der Waals surface area contributed by atoms with Crippen LogP contribution in [0.4, 0.5) is 0 Å². The van der Waals surface area contributed by atoms with Gasteiger partial charge in [0.25, 0.3) is 0 Å². The van der Waals surface area contributed by atoms with Crippen molar-refractivity contribution in [3.05, 3.63) is 23.8 Å². The summed E-state index contributed by atoms with van der Waals surface area (Å²) in [6.45, 7) is 6.06. The molecular formula is C13H18O3S. The second kappa shape index (κ2) is 3.73. The Hall–Kier alpha value is -1.03. The minimum atomic E-state index is -3.33. The van der Waals surface area contributed by atoms with Crippen LogP contribution in [0.15, 0.2) is 23.1 Å². The van der Waals surface area contributed by atoms with E-state index < -0.39 is 9.84 Å². The smallest absolute Gasteiger partial charge is 0.184 e. The molecule has 0 amide bonds. The highest BCUT2D eigenvalue weighted by molar-refractivity contribution is 7.92. The monoisotopic (exact) mass is 254 g/mol. The van der Waals surface area contributed by atoms with Gasteiger partial charge in [-0.15, -0.1) is 0 Å². The van der Waals surface area contributed by atoms with E-state index in [2.05, 4.69) is 0 Å². The van der Waals surface area contributed by atoms with Crippen LogP contribution >= 0.6 is 0 Å². The number of hydrogen-bond donors (Lipinski definition) is 1. The topological polar surface area (TPSA) is 54.4 Å². The molecule has 2 rings (SSSR count). The molecular weight excluding hydrogens is 236 g/mol. The van der Waals surface area contributed by atoms with Crippen molar-refractivity contribution in [1.29, 1.82) is 0 Å². The van der Waals surface area contributed by atoms with Gasteiger partial charge >= 0.3 is 0 Å². The molecule has 1 aromatic rings. The third-order valence-electron chi connectivity index (χ3n) is 3.10. The summed E-state index contributed by atoms with van der Waals surface area (Å²) in [5.74, 6) is -0.134. The molecule has 0 unspecified atom stereocenters. The first-order valence-electron chi connectivity index (χ1n) is 5.80. The van der Waals surface area contributed by atoms with E-state index in [4.69, 9.17) is 0 Å². The van der Waals surface area contributed by atoms with E-state index in [1.165, 1.54) is 6.07 Å². The highest BCUT2D eigenvalue weighted by atomic mass is 32.2. The first kappa shape index (κ1) is 12.4. The summed E-state index contributed by atoms with van der Waals surface area (Å²) in [4.78, 5) is 0.0902. The van der Waals surface area contributed by atoms with Gasteiger partial charge in [0, 0.05) is 0 Å². The Morgan fingerprint density at radius 3 is 2.29 bits per heavy atom. The van der Waals surface area contributed by atoms with Gasteiger partial charge in [0.15, 0.2) is 9.84 Å². The van der Waals surface area contributed by atoms with Crippen LogP contribution in [-0.4, -0.2) is 18.8 Å². The highest BCUT2D eigenvalue weighted by Gasteiger charge is 2.38. The Morgan fingerprint density at radius 1 is 1.24 bits per heavy atom. The van der Waals surface area contributed by atoms with Gasteiger partial charge in [0.2, 0.25) is 0 Å². The van der Waals surface area contributed by atoms with Crippen molar-refractivity contribution < 1.29 is 13.5 Å². The van der Waals surface area contributed by atoms with Crippen LogP contribution in [0.25, 0.3) is 0 Å².